The first-order chi connectivity index (χ1) is 20.8. The number of rotatable bonds is 18. The summed E-state index contributed by atoms with van der Waals surface area (Å²) in [5.74, 6) is -0.585. The highest BCUT2D eigenvalue weighted by atomic mass is 79.9. The van der Waals surface area contributed by atoms with E-state index in [0.717, 1.165) is 120 Å². The Kier molecular flexibility index (Phi) is 16.6. The van der Waals surface area contributed by atoms with E-state index in [1.165, 1.54) is 11.1 Å². The van der Waals surface area contributed by atoms with Crippen molar-refractivity contribution >= 4 is 27.9 Å². The maximum atomic E-state index is 14.3. The fourth-order valence-electron chi connectivity index (χ4n) is 6.70. The molecule has 2 saturated carbocycles. The highest BCUT2D eigenvalue weighted by Gasteiger charge is 2.30. The Morgan fingerprint density at radius 2 is 1.14 bits per heavy atom. The van der Waals surface area contributed by atoms with E-state index in [0.29, 0.717) is 11.8 Å². The van der Waals surface area contributed by atoms with Crippen molar-refractivity contribution in [1.82, 2.24) is 0 Å². The first-order valence-electron chi connectivity index (χ1n) is 17.3. The average molecular weight is 670 g/mol. The van der Waals surface area contributed by atoms with Crippen LogP contribution in [-0.2, 0) is 19.1 Å². The van der Waals surface area contributed by atoms with Gasteiger partial charge < -0.3 is 9.47 Å². The molecule has 7 heteroatoms. The molecule has 3 rings (SSSR count). The molecule has 0 saturated heterocycles. The van der Waals surface area contributed by atoms with E-state index in [9.17, 15) is 18.4 Å². The van der Waals surface area contributed by atoms with Crippen LogP contribution in [0.2, 0.25) is 0 Å². The first-order valence-corrected chi connectivity index (χ1v) is 18.1. The minimum atomic E-state index is -1.51. The Bertz CT molecular complexity index is 957. The largest absolute Gasteiger partial charge is 0.460 e. The van der Waals surface area contributed by atoms with Gasteiger partial charge in [-0.3, -0.25) is 0 Å². The van der Waals surface area contributed by atoms with Crippen LogP contribution in [0.4, 0.5) is 8.78 Å². The highest BCUT2D eigenvalue weighted by molar-refractivity contribution is 9.10. The quantitative estimate of drug-likeness (QED) is 0.115. The maximum Gasteiger partial charge on any atom is 0.340 e. The van der Waals surface area contributed by atoms with Crippen molar-refractivity contribution in [2.24, 2.45) is 0 Å². The Labute approximate surface area is 267 Å². The van der Waals surface area contributed by atoms with Gasteiger partial charge in [0, 0.05) is 4.47 Å². The van der Waals surface area contributed by atoms with Gasteiger partial charge in [0.25, 0.3) is 0 Å². The summed E-state index contributed by atoms with van der Waals surface area (Å²) < 4.78 is 40.8. The molecule has 0 amide bonds. The number of halogens is 3. The zero-order valence-electron chi connectivity index (χ0n) is 26.6. The zero-order valence-corrected chi connectivity index (χ0v) is 28.2. The molecule has 2 fully saturated rings. The SMILES string of the molecule is CCCCCCCC(F)C(=O)OC1CCC(c2ccc(C3CCC(OC(=O)C(F)CCCCCCC)CC3)c(Br)c2)CC1. The summed E-state index contributed by atoms with van der Waals surface area (Å²) in [6.07, 6.45) is 14.1. The molecule has 1 aromatic rings. The molecule has 43 heavy (non-hydrogen) atoms. The highest BCUT2D eigenvalue weighted by Crippen LogP contribution is 2.41. The third-order valence-corrected chi connectivity index (χ3v) is 10.2. The summed E-state index contributed by atoms with van der Waals surface area (Å²) in [5, 5.41) is 0. The standard InChI is InChI=1S/C36H55BrF2O4/c1-3-5-7-9-11-13-33(38)35(40)42-29-20-15-26(16-21-29)28-19-24-31(32(37)25-28)27-17-22-30(23-18-27)43-36(41)34(39)14-12-10-8-6-4-2/h19,24-27,29-30,33-34H,3-18,20-23H2,1-2H3. The summed E-state index contributed by atoms with van der Waals surface area (Å²) in [5.41, 5.74) is 2.55. The number of carbonyl (C=O) groups is 2. The molecule has 0 radical (unpaired) electrons. The van der Waals surface area contributed by atoms with Crippen LogP contribution in [-0.4, -0.2) is 36.5 Å². The second-order valence-electron chi connectivity index (χ2n) is 12.9. The van der Waals surface area contributed by atoms with E-state index in [4.69, 9.17) is 9.47 Å². The molecule has 0 spiro atoms. The zero-order chi connectivity index (χ0) is 31.0. The third-order valence-electron chi connectivity index (χ3n) is 9.48. The lowest BCUT2D eigenvalue weighted by atomic mass is 9.80. The van der Waals surface area contributed by atoms with E-state index < -0.39 is 24.3 Å². The van der Waals surface area contributed by atoms with Crippen LogP contribution in [0.5, 0.6) is 0 Å². The van der Waals surface area contributed by atoms with Gasteiger partial charge in [-0.05, 0) is 106 Å². The van der Waals surface area contributed by atoms with E-state index in [-0.39, 0.29) is 25.0 Å². The minimum Gasteiger partial charge on any atom is -0.460 e. The van der Waals surface area contributed by atoms with Crippen LogP contribution in [0, 0.1) is 0 Å². The first kappa shape index (κ1) is 36.0. The lowest BCUT2D eigenvalue weighted by molar-refractivity contribution is -0.157. The summed E-state index contributed by atoms with van der Waals surface area (Å²) in [6.45, 7) is 4.30. The van der Waals surface area contributed by atoms with Crippen molar-refractivity contribution in [2.45, 2.75) is 179 Å². The monoisotopic (exact) mass is 668 g/mol. The third kappa shape index (κ3) is 12.4. The summed E-state index contributed by atoms with van der Waals surface area (Å²) >= 11 is 3.81. The second kappa shape index (κ2) is 19.8. The lowest BCUT2D eigenvalue weighted by Gasteiger charge is -2.31. The van der Waals surface area contributed by atoms with E-state index in [2.05, 4.69) is 48.0 Å². The molecule has 0 heterocycles. The Morgan fingerprint density at radius 1 is 0.698 bits per heavy atom. The fraction of sp³-hybridized carbons (Fsp3) is 0.778. The van der Waals surface area contributed by atoms with Gasteiger partial charge in [0.2, 0.25) is 0 Å². The second-order valence-corrected chi connectivity index (χ2v) is 13.8. The van der Waals surface area contributed by atoms with Gasteiger partial charge in [-0.15, -0.1) is 0 Å². The normalized spacial score (nSPS) is 23.8. The van der Waals surface area contributed by atoms with Crippen LogP contribution >= 0.6 is 15.9 Å². The van der Waals surface area contributed by atoms with E-state index in [1.54, 1.807) is 0 Å². The lowest BCUT2D eigenvalue weighted by Crippen LogP contribution is -2.28. The fourth-order valence-corrected chi connectivity index (χ4v) is 7.42. The molecule has 0 aliphatic heterocycles. The molecule has 2 aliphatic carbocycles. The van der Waals surface area contributed by atoms with Crippen molar-refractivity contribution in [2.75, 3.05) is 0 Å². The Hall–Kier alpha value is -1.50. The van der Waals surface area contributed by atoms with E-state index >= 15 is 0 Å². The van der Waals surface area contributed by atoms with Gasteiger partial charge in [0.05, 0.1) is 0 Å². The molecule has 0 aromatic heterocycles. The molecule has 2 atom stereocenters. The average Bonchev–Trinajstić information content (AvgIpc) is 3.01. The molecular formula is C36H55BrF2O4. The molecular weight excluding hydrogens is 614 g/mol. The van der Waals surface area contributed by atoms with Gasteiger partial charge >= 0.3 is 11.9 Å². The predicted molar refractivity (Wildman–Crippen MR) is 173 cm³/mol. The summed E-state index contributed by atoms with van der Waals surface area (Å²) in [6, 6.07) is 6.66. The molecule has 2 unspecified atom stereocenters. The van der Waals surface area contributed by atoms with Crippen molar-refractivity contribution in [1.29, 1.82) is 0 Å². The Balaban J connectivity index is 1.37. The van der Waals surface area contributed by atoms with Crippen molar-refractivity contribution in [3.05, 3.63) is 33.8 Å². The van der Waals surface area contributed by atoms with Crippen LogP contribution in [0.1, 0.15) is 165 Å². The number of carbonyl (C=O) groups excluding carboxylic acids is 2. The summed E-state index contributed by atoms with van der Waals surface area (Å²) in [4.78, 5) is 24.5. The molecule has 4 nitrogen and oxygen atoms in total. The van der Waals surface area contributed by atoms with Gasteiger partial charge in [0.15, 0.2) is 12.3 Å². The van der Waals surface area contributed by atoms with Gasteiger partial charge in [0.1, 0.15) is 12.2 Å². The van der Waals surface area contributed by atoms with E-state index in [1.807, 2.05) is 0 Å². The smallest absolute Gasteiger partial charge is 0.340 e. The predicted octanol–water partition coefficient (Wildman–Crippen LogP) is 11.0. The van der Waals surface area contributed by atoms with Crippen LogP contribution in [0.15, 0.2) is 22.7 Å². The number of unbranched alkanes of at least 4 members (excludes halogenated alkanes) is 8. The molecule has 0 bridgehead atoms. The number of hydrogen-bond donors (Lipinski definition) is 0. The maximum absolute atomic E-state index is 14.3. The molecule has 0 N–H and O–H groups in total. The van der Waals surface area contributed by atoms with Gasteiger partial charge in [-0.1, -0.05) is 93.3 Å². The van der Waals surface area contributed by atoms with Crippen LogP contribution < -0.4 is 0 Å². The number of benzene rings is 1. The number of esters is 2. The van der Waals surface area contributed by atoms with Gasteiger partial charge in [-0.25, -0.2) is 18.4 Å². The summed E-state index contributed by atoms with van der Waals surface area (Å²) in [7, 11) is 0. The molecule has 2 aliphatic rings. The molecule has 244 valence electrons. The van der Waals surface area contributed by atoms with Crippen molar-refractivity contribution in [3.63, 3.8) is 0 Å². The van der Waals surface area contributed by atoms with Crippen LogP contribution in [0.25, 0.3) is 0 Å². The number of hydrogen-bond acceptors (Lipinski definition) is 4. The number of alkyl halides is 2. The van der Waals surface area contributed by atoms with Crippen LogP contribution in [0.3, 0.4) is 0 Å². The minimum absolute atomic E-state index is 0.187. The Morgan fingerprint density at radius 3 is 1.58 bits per heavy atom. The van der Waals surface area contributed by atoms with Crippen molar-refractivity contribution < 1.29 is 27.8 Å². The van der Waals surface area contributed by atoms with Gasteiger partial charge in [-0.2, -0.15) is 0 Å². The van der Waals surface area contributed by atoms with Crippen molar-refractivity contribution in [3.8, 4) is 0 Å². The number of ether oxygens (including phenoxy) is 2. The topological polar surface area (TPSA) is 52.6 Å². The molecule has 1 aromatic carbocycles.